The van der Waals surface area contributed by atoms with E-state index in [1.807, 2.05) is 26.0 Å². The lowest BCUT2D eigenvalue weighted by Crippen LogP contribution is -2.40. The van der Waals surface area contributed by atoms with Crippen molar-refractivity contribution in [2.24, 2.45) is 0 Å². The first kappa shape index (κ1) is 13.6. The number of ether oxygens (including phenoxy) is 1. The molecule has 0 saturated carbocycles. The van der Waals surface area contributed by atoms with Crippen LogP contribution in [0.25, 0.3) is 0 Å². The Morgan fingerprint density at radius 3 is 2.33 bits per heavy atom. The van der Waals surface area contributed by atoms with Gasteiger partial charge in [0.2, 0.25) is 0 Å². The first-order chi connectivity index (χ1) is 9.95. The second kappa shape index (κ2) is 4.60. The summed E-state index contributed by atoms with van der Waals surface area (Å²) >= 11 is 0. The molecular weight excluding hydrogens is 266 g/mol. The lowest BCUT2D eigenvalue weighted by Gasteiger charge is -2.25. The molecule has 3 rings (SSSR count). The summed E-state index contributed by atoms with van der Waals surface area (Å²) in [4.78, 5) is 12.1. The summed E-state index contributed by atoms with van der Waals surface area (Å²) in [5, 5.41) is 13.7. The average molecular weight is 283 g/mol. The summed E-state index contributed by atoms with van der Waals surface area (Å²) in [5.74, 6) is 0.443. The number of hydrogen-bond donors (Lipinski definition) is 2. The molecule has 4 heteroatoms. The van der Waals surface area contributed by atoms with Crippen molar-refractivity contribution in [3.8, 4) is 5.75 Å². The van der Waals surface area contributed by atoms with Gasteiger partial charge in [-0.25, -0.2) is 0 Å². The molecule has 0 bridgehead atoms. The summed E-state index contributed by atoms with van der Waals surface area (Å²) < 4.78 is 5.12. The molecule has 1 unspecified atom stereocenters. The van der Waals surface area contributed by atoms with Crippen LogP contribution in [-0.2, 0) is 5.72 Å². The van der Waals surface area contributed by atoms with Crippen molar-refractivity contribution in [1.82, 2.24) is 5.32 Å². The number of nitrogens with one attached hydrogen (secondary N) is 1. The van der Waals surface area contributed by atoms with Crippen LogP contribution in [0.5, 0.6) is 5.75 Å². The van der Waals surface area contributed by atoms with Crippen LogP contribution in [0.4, 0.5) is 0 Å². The molecule has 0 aromatic heterocycles. The third-order valence-electron chi connectivity index (χ3n) is 4.07. The van der Waals surface area contributed by atoms with Gasteiger partial charge in [-0.05, 0) is 49.2 Å². The molecule has 0 radical (unpaired) electrons. The molecule has 1 atom stereocenters. The number of methoxy groups -OCH3 is 1. The fourth-order valence-corrected chi connectivity index (χ4v) is 2.66. The molecule has 2 aromatic carbocycles. The van der Waals surface area contributed by atoms with Crippen molar-refractivity contribution in [3.05, 3.63) is 64.2 Å². The first-order valence-electron chi connectivity index (χ1n) is 6.77. The van der Waals surface area contributed by atoms with Gasteiger partial charge in [0.05, 0.1) is 7.11 Å². The van der Waals surface area contributed by atoms with Crippen LogP contribution in [0.15, 0.2) is 36.4 Å². The van der Waals surface area contributed by atoms with E-state index in [0.717, 1.165) is 11.1 Å². The van der Waals surface area contributed by atoms with Gasteiger partial charge in [0.25, 0.3) is 5.91 Å². The first-order valence-corrected chi connectivity index (χ1v) is 6.77. The van der Waals surface area contributed by atoms with Gasteiger partial charge in [-0.15, -0.1) is 0 Å². The Labute approximate surface area is 123 Å². The largest absolute Gasteiger partial charge is 0.497 e. The van der Waals surface area contributed by atoms with Crippen LogP contribution in [0.2, 0.25) is 0 Å². The SMILES string of the molecule is COc1ccc(C2(O)NC(=O)c3cc(C)c(C)cc32)cc1. The minimum absolute atomic E-state index is 0.258. The molecule has 0 saturated heterocycles. The van der Waals surface area contributed by atoms with Gasteiger partial charge in [0.1, 0.15) is 5.75 Å². The van der Waals surface area contributed by atoms with E-state index < -0.39 is 5.72 Å². The van der Waals surface area contributed by atoms with Crippen LogP contribution in [0, 0.1) is 13.8 Å². The highest BCUT2D eigenvalue weighted by molar-refractivity contribution is 6.00. The molecule has 1 amide bonds. The van der Waals surface area contributed by atoms with E-state index in [-0.39, 0.29) is 5.91 Å². The Hall–Kier alpha value is -2.33. The summed E-state index contributed by atoms with van der Waals surface area (Å²) in [7, 11) is 1.59. The molecule has 0 aliphatic carbocycles. The molecule has 0 fully saturated rings. The predicted octanol–water partition coefficient (Wildman–Crippen LogP) is 2.25. The highest BCUT2D eigenvalue weighted by Crippen LogP contribution is 2.36. The van der Waals surface area contributed by atoms with E-state index in [4.69, 9.17) is 4.74 Å². The molecular formula is C17H17NO3. The number of amides is 1. The van der Waals surface area contributed by atoms with E-state index >= 15 is 0 Å². The molecule has 1 aliphatic rings. The number of aliphatic hydroxyl groups is 1. The van der Waals surface area contributed by atoms with Gasteiger partial charge in [0, 0.05) is 16.7 Å². The number of benzene rings is 2. The number of carbonyl (C=O) groups excluding carboxylic acids is 1. The third-order valence-corrected chi connectivity index (χ3v) is 4.07. The molecule has 21 heavy (non-hydrogen) atoms. The van der Waals surface area contributed by atoms with E-state index in [2.05, 4.69) is 5.32 Å². The molecule has 108 valence electrons. The summed E-state index contributed by atoms with van der Waals surface area (Å²) in [6, 6.07) is 10.7. The normalized spacial score (nSPS) is 20.1. The topological polar surface area (TPSA) is 58.6 Å². The zero-order chi connectivity index (χ0) is 15.2. The maximum absolute atomic E-state index is 12.1. The Balaban J connectivity index is 2.15. The second-order valence-corrected chi connectivity index (χ2v) is 5.38. The van der Waals surface area contributed by atoms with E-state index in [1.165, 1.54) is 0 Å². The number of carbonyl (C=O) groups is 1. The van der Waals surface area contributed by atoms with E-state index in [9.17, 15) is 9.90 Å². The van der Waals surface area contributed by atoms with Crippen molar-refractivity contribution in [2.75, 3.05) is 7.11 Å². The lowest BCUT2D eigenvalue weighted by molar-refractivity contribution is 0.0475. The molecule has 4 nitrogen and oxygen atoms in total. The Kier molecular flexibility index (Phi) is 2.99. The van der Waals surface area contributed by atoms with Crippen molar-refractivity contribution < 1.29 is 14.6 Å². The predicted molar refractivity (Wildman–Crippen MR) is 79.4 cm³/mol. The van der Waals surface area contributed by atoms with Crippen LogP contribution in [-0.4, -0.2) is 18.1 Å². The summed E-state index contributed by atoms with van der Waals surface area (Å²) in [5.41, 5.74) is 2.31. The number of hydrogen-bond acceptors (Lipinski definition) is 3. The fraction of sp³-hybridized carbons (Fsp3) is 0.235. The monoisotopic (exact) mass is 283 g/mol. The standard InChI is InChI=1S/C17H17NO3/c1-10-8-14-15(9-11(10)2)17(20,18-16(14)19)12-4-6-13(21-3)7-5-12/h4-9,20H,1-3H3,(H,18,19). The Morgan fingerprint density at radius 1 is 1.10 bits per heavy atom. The Morgan fingerprint density at radius 2 is 1.71 bits per heavy atom. The van der Waals surface area contributed by atoms with E-state index in [0.29, 0.717) is 22.4 Å². The summed E-state index contributed by atoms with van der Waals surface area (Å²) in [6.07, 6.45) is 0. The smallest absolute Gasteiger partial charge is 0.254 e. The van der Waals surface area contributed by atoms with Crippen molar-refractivity contribution in [1.29, 1.82) is 0 Å². The minimum atomic E-state index is -1.49. The van der Waals surface area contributed by atoms with Crippen LogP contribution >= 0.6 is 0 Å². The lowest BCUT2D eigenvalue weighted by atomic mass is 9.91. The number of aryl methyl sites for hydroxylation is 2. The highest BCUT2D eigenvalue weighted by atomic mass is 16.5. The van der Waals surface area contributed by atoms with Crippen LogP contribution in [0.3, 0.4) is 0 Å². The molecule has 2 N–H and O–H groups in total. The van der Waals surface area contributed by atoms with Gasteiger partial charge < -0.3 is 15.2 Å². The highest BCUT2D eigenvalue weighted by Gasteiger charge is 2.43. The number of rotatable bonds is 2. The van der Waals surface area contributed by atoms with Crippen LogP contribution < -0.4 is 10.1 Å². The molecule has 1 aliphatic heterocycles. The number of fused-ring (bicyclic) bond motifs is 1. The van der Waals surface area contributed by atoms with Crippen molar-refractivity contribution in [3.63, 3.8) is 0 Å². The van der Waals surface area contributed by atoms with Gasteiger partial charge in [-0.3, -0.25) is 4.79 Å². The van der Waals surface area contributed by atoms with Crippen molar-refractivity contribution >= 4 is 5.91 Å². The Bertz CT molecular complexity index is 722. The minimum Gasteiger partial charge on any atom is -0.497 e. The zero-order valence-corrected chi connectivity index (χ0v) is 12.2. The molecule has 1 heterocycles. The molecule has 2 aromatic rings. The van der Waals surface area contributed by atoms with Crippen molar-refractivity contribution in [2.45, 2.75) is 19.6 Å². The fourth-order valence-electron chi connectivity index (χ4n) is 2.66. The third kappa shape index (κ3) is 1.99. The van der Waals surface area contributed by atoms with Gasteiger partial charge >= 0.3 is 0 Å². The van der Waals surface area contributed by atoms with E-state index in [1.54, 1.807) is 31.4 Å². The van der Waals surface area contributed by atoms with Gasteiger partial charge in [0.15, 0.2) is 5.72 Å². The summed E-state index contributed by atoms with van der Waals surface area (Å²) in [6.45, 7) is 3.92. The van der Waals surface area contributed by atoms with Gasteiger partial charge in [-0.2, -0.15) is 0 Å². The zero-order valence-electron chi connectivity index (χ0n) is 12.2. The maximum atomic E-state index is 12.1. The molecule has 0 spiro atoms. The van der Waals surface area contributed by atoms with Crippen LogP contribution in [0.1, 0.15) is 32.6 Å². The van der Waals surface area contributed by atoms with Gasteiger partial charge in [-0.1, -0.05) is 12.1 Å². The maximum Gasteiger partial charge on any atom is 0.254 e. The second-order valence-electron chi connectivity index (χ2n) is 5.38. The average Bonchev–Trinajstić information content (AvgIpc) is 2.72. The quantitative estimate of drug-likeness (QED) is 0.888.